The Hall–Kier alpha value is -3.70. The topological polar surface area (TPSA) is 135 Å². The summed E-state index contributed by atoms with van der Waals surface area (Å²) >= 11 is 0. The summed E-state index contributed by atoms with van der Waals surface area (Å²) in [4.78, 5) is 8.17. The van der Waals surface area contributed by atoms with E-state index in [0.717, 1.165) is 0 Å². The molecule has 5 aromatic rings. The van der Waals surface area contributed by atoms with Gasteiger partial charge in [-0.05, 0) is 42.7 Å². The number of fused-ring (bicyclic) bond motifs is 3. The zero-order chi connectivity index (χ0) is 25.8. The highest BCUT2D eigenvalue weighted by Gasteiger charge is 2.28. The maximum absolute atomic E-state index is 12.7. The quantitative estimate of drug-likeness (QED) is 0.243. The summed E-state index contributed by atoms with van der Waals surface area (Å²) < 4.78 is 70.7. The number of hydrogen-bond acceptors (Lipinski definition) is 6. The van der Waals surface area contributed by atoms with Crippen LogP contribution in [0.2, 0.25) is 0 Å². The van der Waals surface area contributed by atoms with E-state index in [1.54, 1.807) is 55.5 Å². The van der Waals surface area contributed by atoms with E-state index < -0.39 is 30.0 Å². The number of nitrogens with zero attached hydrogens (tertiary/aromatic N) is 2. The fourth-order valence-electron chi connectivity index (χ4n) is 4.57. The summed E-state index contributed by atoms with van der Waals surface area (Å²) in [6.07, 6.45) is 0. The maximum atomic E-state index is 12.7. The van der Waals surface area contributed by atoms with Gasteiger partial charge in [-0.2, -0.15) is 16.8 Å². The number of benzene rings is 3. The lowest BCUT2D eigenvalue weighted by Gasteiger charge is -2.18. The highest BCUT2D eigenvalue weighted by atomic mass is 32.2. The third-order valence-electron chi connectivity index (χ3n) is 5.94. The van der Waals surface area contributed by atoms with Crippen LogP contribution in [0.25, 0.3) is 44.1 Å². The summed E-state index contributed by atoms with van der Waals surface area (Å²) in [5, 5.41) is 0.268. The van der Waals surface area contributed by atoms with E-state index >= 15 is 0 Å². The van der Waals surface area contributed by atoms with Crippen LogP contribution in [-0.4, -0.2) is 35.9 Å². The van der Waals surface area contributed by atoms with Crippen LogP contribution in [0.15, 0.2) is 82.6 Å². The monoisotopic (exact) mass is 520 g/mol. The van der Waals surface area contributed by atoms with Crippen LogP contribution in [0.3, 0.4) is 0 Å². The molecule has 0 saturated heterocycles. The number of pyridine rings is 2. The van der Waals surface area contributed by atoms with Gasteiger partial charge in [0.25, 0.3) is 20.2 Å². The number of rotatable bonds is 4. The van der Waals surface area contributed by atoms with Crippen molar-refractivity contribution in [2.75, 3.05) is 0 Å². The highest BCUT2D eigenvalue weighted by molar-refractivity contribution is 7.86. The first-order chi connectivity index (χ1) is 17.0. The SMILES string of the molecule is Cc1cc(-c2ccccc2)c2c(S(=O)(=O)O)cc3c(-c4ccccc4)c(S(=O)(=O)O)c(C)nc3c2n1. The second kappa shape index (κ2) is 8.45. The zero-order valence-electron chi connectivity index (χ0n) is 19.2. The highest BCUT2D eigenvalue weighted by Crippen LogP contribution is 2.42. The average Bonchev–Trinajstić information content (AvgIpc) is 2.82. The van der Waals surface area contributed by atoms with Crippen LogP contribution >= 0.6 is 0 Å². The van der Waals surface area contributed by atoms with Gasteiger partial charge in [0.15, 0.2) is 0 Å². The Bertz CT molecular complexity index is 1890. The first-order valence-corrected chi connectivity index (χ1v) is 13.7. The van der Waals surface area contributed by atoms with E-state index in [0.29, 0.717) is 22.4 Å². The van der Waals surface area contributed by atoms with Gasteiger partial charge < -0.3 is 0 Å². The largest absolute Gasteiger partial charge is 0.296 e. The Morgan fingerprint density at radius 2 is 1.28 bits per heavy atom. The van der Waals surface area contributed by atoms with E-state index in [-0.39, 0.29) is 33.1 Å². The molecule has 0 aliphatic carbocycles. The van der Waals surface area contributed by atoms with Crippen molar-refractivity contribution in [1.82, 2.24) is 9.97 Å². The Balaban J connectivity index is 2.12. The van der Waals surface area contributed by atoms with Crippen molar-refractivity contribution in [2.45, 2.75) is 23.6 Å². The van der Waals surface area contributed by atoms with Gasteiger partial charge in [-0.25, -0.2) is 4.98 Å². The van der Waals surface area contributed by atoms with Gasteiger partial charge in [0.05, 0.1) is 16.7 Å². The van der Waals surface area contributed by atoms with Crippen LogP contribution in [0.5, 0.6) is 0 Å². The van der Waals surface area contributed by atoms with Crippen molar-refractivity contribution in [2.24, 2.45) is 0 Å². The first kappa shape index (κ1) is 24.0. The molecule has 0 aliphatic rings. The molecule has 182 valence electrons. The number of hydrogen-bond donors (Lipinski definition) is 2. The second-order valence-electron chi connectivity index (χ2n) is 8.39. The lowest BCUT2D eigenvalue weighted by molar-refractivity contribution is 0.481. The van der Waals surface area contributed by atoms with Gasteiger partial charge in [-0.15, -0.1) is 0 Å². The molecule has 36 heavy (non-hydrogen) atoms. The minimum Gasteiger partial charge on any atom is -0.282 e. The van der Waals surface area contributed by atoms with Crippen LogP contribution in [0, 0.1) is 13.8 Å². The predicted octanol–water partition coefficient (Wildman–Crippen LogP) is 5.23. The Kier molecular flexibility index (Phi) is 5.64. The zero-order valence-corrected chi connectivity index (χ0v) is 20.8. The van der Waals surface area contributed by atoms with Crippen LogP contribution in [-0.2, 0) is 20.2 Å². The van der Waals surface area contributed by atoms with Crippen molar-refractivity contribution < 1.29 is 25.9 Å². The van der Waals surface area contributed by atoms with Gasteiger partial charge in [0.2, 0.25) is 0 Å². The van der Waals surface area contributed by atoms with E-state index in [2.05, 4.69) is 9.97 Å². The van der Waals surface area contributed by atoms with Crippen molar-refractivity contribution in [3.63, 3.8) is 0 Å². The van der Waals surface area contributed by atoms with E-state index in [1.807, 2.05) is 18.2 Å². The maximum Gasteiger partial charge on any atom is 0.296 e. The molecule has 10 heteroatoms. The molecule has 5 rings (SSSR count). The van der Waals surface area contributed by atoms with Crippen LogP contribution in [0.1, 0.15) is 11.4 Å². The lowest BCUT2D eigenvalue weighted by Crippen LogP contribution is -2.09. The molecule has 0 fully saturated rings. The molecular weight excluding hydrogens is 500 g/mol. The normalized spacial score (nSPS) is 12.3. The molecule has 2 aromatic heterocycles. The molecule has 0 amide bonds. The summed E-state index contributed by atoms with van der Waals surface area (Å²) in [7, 11) is -9.56. The molecule has 0 atom stereocenters. The standard InChI is InChI=1S/C26H20N2O6S2/c1-15-13-19(17-9-5-3-6-10-17)23-21(35(29,30)31)14-20-22(18-11-7-4-8-12-18)26(36(32,33)34)16(2)28-24(20)25(23)27-15/h3-14H,1-2H3,(H,29,30,31)(H,32,33,34). The minimum atomic E-state index is -4.80. The summed E-state index contributed by atoms with van der Waals surface area (Å²) in [6, 6.07) is 20.3. The van der Waals surface area contributed by atoms with Crippen LogP contribution < -0.4 is 0 Å². The Morgan fingerprint density at radius 3 is 1.83 bits per heavy atom. The van der Waals surface area contributed by atoms with Crippen molar-refractivity contribution >= 4 is 42.0 Å². The molecule has 2 heterocycles. The third kappa shape index (κ3) is 4.03. The van der Waals surface area contributed by atoms with Crippen molar-refractivity contribution in [3.05, 3.63) is 84.2 Å². The summed E-state index contributed by atoms with van der Waals surface area (Å²) in [6.45, 7) is 3.20. The molecule has 2 N–H and O–H groups in total. The van der Waals surface area contributed by atoms with E-state index in [4.69, 9.17) is 0 Å². The molecule has 0 radical (unpaired) electrons. The molecule has 0 saturated carbocycles. The van der Waals surface area contributed by atoms with Gasteiger partial charge in [-0.1, -0.05) is 60.7 Å². The third-order valence-corrected chi connectivity index (χ3v) is 7.83. The van der Waals surface area contributed by atoms with Crippen LogP contribution in [0.4, 0.5) is 0 Å². The van der Waals surface area contributed by atoms with Gasteiger partial charge in [0.1, 0.15) is 9.79 Å². The van der Waals surface area contributed by atoms with Gasteiger partial charge in [-0.3, -0.25) is 14.1 Å². The molecule has 0 unspecified atom stereocenters. The summed E-state index contributed by atoms with van der Waals surface area (Å²) in [5.41, 5.74) is 2.71. The predicted molar refractivity (Wildman–Crippen MR) is 137 cm³/mol. The first-order valence-electron chi connectivity index (χ1n) is 10.8. The fraction of sp³-hybridized carbons (Fsp3) is 0.0769. The average molecular weight is 521 g/mol. The van der Waals surface area contributed by atoms with Gasteiger partial charge >= 0.3 is 0 Å². The fourth-order valence-corrected chi connectivity index (χ4v) is 6.21. The molecular formula is C26H20N2O6S2. The molecule has 0 spiro atoms. The van der Waals surface area contributed by atoms with Crippen molar-refractivity contribution in [3.8, 4) is 22.3 Å². The molecule has 0 bridgehead atoms. The lowest BCUT2D eigenvalue weighted by atomic mass is 9.95. The smallest absolute Gasteiger partial charge is 0.282 e. The minimum absolute atomic E-state index is 0.0225. The molecule has 0 aliphatic heterocycles. The number of aryl methyl sites for hydroxylation is 2. The molecule has 8 nitrogen and oxygen atoms in total. The van der Waals surface area contributed by atoms with E-state index in [1.165, 1.54) is 13.0 Å². The number of aromatic nitrogens is 2. The summed E-state index contributed by atoms with van der Waals surface area (Å²) in [5.74, 6) is 0. The van der Waals surface area contributed by atoms with E-state index in [9.17, 15) is 25.9 Å². The second-order valence-corrected chi connectivity index (χ2v) is 11.1. The Labute approximate surface area is 207 Å². The molecule has 3 aromatic carbocycles. The Morgan fingerprint density at radius 1 is 0.694 bits per heavy atom. The van der Waals surface area contributed by atoms with Gasteiger partial charge in [0, 0.05) is 22.0 Å². The van der Waals surface area contributed by atoms with Crippen molar-refractivity contribution in [1.29, 1.82) is 0 Å².